The summed E-state index contributed by atoms with van der Waals surface area (Å²) in [5.41, 5.74) is 0.0816. The summed E-state index contributed by atoms with van der Waals surface area (Å²) in [7, 11) is -1.56. The van der Waals surface area contributed by atoms with Crippen molar-refractivity contribution < 1.29 is 19.2 Å². The molecule has 1 aliphatic rings. The van der Waals surface area contributed by atoms with E-state index >= 15 is 0 Å². The maximum Gasteiger partial charge on any atom is 0.190 e. The summed E-state index contributed by atoms with van der Waals surface area (Å²) in [6.07, 6.45) is 0. The molecule has 2 atom stereocenters. The number of carbonyl (C=O) groups excluding carboxylic acids is 1. The van der Waals surface area contributed by atoms with E-state index in [2.05, 4.69) is 26.7 Å². The van der Waals surface area contributed by atoms with E-state index in [-0.39, 0.29) is 17.9 Å². The second-order valence-electron chi connectivity index (χ2n) is 7.86. The predicted molar refractivity (Wildman–Crippen MR) is 99.9 cm³/mol. The van der Waals surface area contributed by atoms with Crippen molar-refractivity contribution in [3.05, 3.63) is 41.5 Å². The normalized spacial score (nSPS) is 24.8. The molecule has 1 aliphatic heterocycles. The molecule has 0 unspecified atom stereocenters. The Labute approximate surface area is 151 Å². The van der Waals surface area contributed by atoms with Gasteiger partial charge in [0.25, 0.3) is 0 Å². The van der Waals surface area contributed by atoms with Gasteiger partial charge in [0, 0.05) is 12.5 Å². The fraction of sp³-hybridized carbons (Fsp3) is 0.579. The van der Waals surface area contributed by atoms with Crippen LogP contribution in [0.25, 0.3) is 0 Å². The number of hydroxylamine groups is 2. The van der Waals surface area contributed by atoms with Crippen LogP contribution in [0.2, 0.25) is 13.1 Å². The van der Waals surface area contributed by atoms with E-state index in [1.54, 1.807) is 5.06 Å². The van der Waals surface area contributed by atoms with Crippen LogP contribution in [0.3, 0.4) is 0 Å². The zero-order chi connectivity index (χ0) is 18.7. The van der Waals surface area contributed by atoms with Crippen LogP contribution < -0.4 is 0 Å². The van der Waals surface area contributed by atoms with Crippen molar-refractivity contribution in [3.8, 4) is 0 Å². The van der Waals surface area contributed by atoms with E-state index in [1.165, 1.54) is 0 Å². The molecule has 1 aromatic rings. The number of aliphatic hydroxyl groups excluding tert-OH is 1. The van der Waals surface area contributed by atoms with Gasteiger partial charge in [-0.25, -0.2) is 4.79 Å². The molecule has 1 aromatic carbocycles. The van der Waals surface area contributed by atoms with Crippen LogP contribution in [0.1, 0.15) is 26.3 Å². The first-order valence-electron chi connectivity index (χ1n) is 8.73. The fourth-order valence-electron chi connectivity index (χ4n) is 3.27. The van der Waals surface area contributed by atoms with E-state index in [1.807, 2.05) is 43.4 Å². The van der Waals surface area contributed by atoms with Crippen LogP contribution in [0.15, 0.2) is 35.9 Å². The molecular formula is C19H29NO4Si. The summed E-state index contributed by atoms with van der Waals surface area (Å²) in [5.74, 6) is 1.98. The smallest absolute Gasteiger partial charge is 0.190 e. The highest BCUT2D eigenvalue weighted by molar-refractivity contribution is 6.48. The van der Waals surface area contributed by atoms with E-state index in [4.69, 9.17) is 9.26 Å². The Morgan fingerprint density at radius 2 is 1.96 bits per heavy atom. The molecule has 0 bridgehead atoms. The molecule has 25 heavy (non-hydrogen) atoms. The van der Waals surface area contributed by atoms with Crippen LogP contribution in [0, 0.1) is 11.3 Å². The summed E-state index contributed by atoms with van der Waals surface area (Å²) in [6.45, 7) is 10.8. The topological polar surface area (TPSA) is 59.0 Å². The summed E-state index contributed by atoms with van der Waals surface area (Å²) in [6, 6.07) is 9.81. The molecule has 0 spiro atoms. The Morgan fingerprint density at radius 1 is 1.32 bits per heavy atom. The zero-order valence-electron chi connectivity index (χ0n) is 15.8. The second-order valence-corrected chi connectivity index (χ2v) is 10.2. The van der Waals surface area contributed by atoms with Crippen LogP contribution in [0.5, 0.6) is 0 Å². The largest absolute Gasteiger partial charge is 0.396 e. The van der Waals surface area contributed by atoms with Crippen molar-refractivity contribution in [2.24, 2.45) is 11.3 Å². The SMILES string of the molecule is C[SiH](C)O[C@]1(CO)C(=C=O)[C@@H](C(C)(C)C)CN1OCc1ccccc1. The van der Waals surface area contributed by atoms with Gasteiger partial charge in [0.05, 0.1) is 18.8 Å². The quantitative estimate of drug-likeness (QED) is 0.622. The monoisotopic (exact) mass is 363 g/mol. The number of hydrogen-bond acceptors (Lipinski definition) is 5. The van der Waals surface area contributed by atoms with Crippen molar-refractivity contribution in [2.45, 2.75) is 46.2 Å². The summed E-state index contributed by atoms with van der Waals surface area (Å²) in [4.78, 5) is 17.8. The molecule has 138 valence electrons. The van der Waals surface area contributed by atoms with E-state index in [0.717, 1.165) is 5.56 Å². The van der Waals surface area contributed by atoms with Crippen molar-refractivity contribution in [1.82, 2.24) is 5.06 Å². The number of nitrogens with zero attached hydrogens (tertiary/aromatic N) is 1. The van der Waals surface area contributed by atoms with Gasteiger partial charge in [-0.05, 0) is 24.1 Å². The molecule has 1 saturated heterocycles. The third-order valence-electron chi connectivity index (χ3n) is 4.55. The van der Waals surface area contributed by atoms with Gasteiger partial charge >= 0.3 is 0 Å². The van der Waals surface area contributed by atoms with E-state index in [9.17, 15) is 9.90 Å². The van der Waals surface area contributed by atoms with Gasteiger partial charge in [-0.3, -0.25) is 4.84 Å². The van der Waals surface area contributed by atoms with Crippen LogP contribution in [-0.4, -0.2) is 44.0 Å². The molecule has 1 heterocycles. The van der Waals surface area contributed by atoms with Crippen molar-refractivity contribution >= 4 is 15.0 Å². The van der Waals surface area contributed by atoms with Gasteiger partial charge in [-0.2, -0.15) is 5.06 Å². The van der Waals surface area contributed by atoms with Crippen LogP contribution >= 0.6 is 0 Å². The Balaban J connectivity index is 2.35. The maximum absolute atomic E-state index is 11.8. The number of aliphatic hydroxyl groups is 1. The third-order valence-corrected chi connectivity index (χ3v) is 5.41. The lowest BCUT2D eigenvalue weighted by molar-refractivity contribution is -0.270. The molecule has 0 aliphatic carbocycles. The van der Waals surface area contributed by atoms with Crippen LogP contribution in [-0.2, 0) is 20.7 Å². The minimum atomic E-state index is -1.56. The first-order valence-corrected chi connectivity index (χ1v) is 11.5. The molecule has 0 amide bonds. The van der Waals surface area contributed by atoms with Crippen LogP contribution in [0.4, 0.5) is 0 Å². The maximum atomic E-state index is 11.8. The number of rotatable bonds is 6. The summed E-state index contributed by atoms with van der Waals surface area (Å²) in [5, 5.41) is 11.8. The van der Waals surface area contributed by atoms with Gasteiger partial charge in [0.15, 0.2) is 14.8 Å². The first kappa shape index (κ1) is 20.0. The lowest BCUT2D eigenvalue weighted by Crippen LogP contribution is -2.52. The molecule has 1 N–H and O–H groups in total. The Morgan fingerprint density at radius 3 is 2.44 bits per heavy atom. The molecule has 0 saturated carbocycles. The van der Waals surface area contributed by atoms with E-state index in [0.29, 0.717) is 18.7 Å². The standard InChI is InChI=1S/C19H29NO4Si/c1-18(2,3)16-11-20(23-13-15-9-7-6-8-10-15)19(14-22,17(16)12-21)24-25(4)5/h6-10,16,22,25H,11,13-14H2,1-5H3/t16-,19+/m0/s1. The first-order chi connectivity index (χ1) is 11.7. The van der Waals surface area contributed by atoms with Gasteiger partial charge in [0.1, 0.15) is 5.94 Å². The van der Waals surface area contributed by atoms with Crippen molar-refractivity contribution in [3.63, 3.8) is 0 Å². The van der Waals surface area contributed by atoms with Gasteiger partial charge in [0.2, 0.25) is 0 Å². The lowest BCUT2D eigenvalue weighted by atomic mass is 9.76. The number of hydrogen-bond donors (Lipinski definition) is 1. The molecule has 0 aromatic heterocycles. The van der Waals surface area contributed by atoms with Crippen molar-refractivity contribution in [2.75, 3.05) is 13.2 Å². The van der Waals surface area contributed by atoms with Gasteiger partial charge < -0.3 is 9.53 Å². The number of benzene rings is 1. The highest BCUT2D eigenvalue weighted by Gasteiger charge is 2.56. The fourth-order valence-corrected chi connectivity index (χ4v) is 4.37. The highest BCUT2D eigenvalue weighted by atomic mass is 28.3. The van der Waals surface area contributed by atoms with Gasteiger partial charge in [-0.15, -0.1) is 0 Å². The lowest BCUT2D eigenvalue weighted by Gasteiger charge is -2.37. The third kappa shape index (κ3) is 4.29. The minimum Gasteiger partial charge on any atom is -0.396 e. The van der Waals surface area contributed by atoms with Crippen molar-refractivity contribution in [1.29, 1.82) is 0 Å². The highest BCUT2D eigenvalue weighted by Crippen LogP contribution is 2.46. The van der Waals surface area contributed by atoms with Gasteiger partial charge in [-0.1, -0.05) is 51.1 Å². The zero-order valence-corrected chi connectivity index (χ0v) is 16.9. The summed E-state index contributed by atoms with van der Waals surface area (Å²) < 4.78 is 6.17. The second kappa shape index (κ2) is 7.95. The molecule has 6 heteroatoms. The molecular weight excluding hydrogens is 334 g/mol. The Bertz CT molecular complexity index is 622. The molecule has 5 nitrogen and oxygen atoms in total. The molecule has 1 fully saturated rings. The average Bonchev–Trinajstić information content (AvgIpc) is 2.87. The Kier molecular flexibility index (Phi) is 6.38. The predicted octanol–water partition coefficient (Wildman–Crippen LogP) is 2.54. The molecule has 2 rings (SSSR count). The average molecular weight is 364 g/mol. The minimum absolute atomic E-state index is 0.0966. The summed E-state index contributed by atoms with van der Waals surface area (Å²) >= 11 is 0. The molecule has 0 radical (unpaired) electrons. The van der Waals surface area contributed by atoms with E-state index < -0.39 is 14.8 Å². The Hall–Kier alpha value is -1.27.